The van der Waals surface area contributed by atoms with E-state index in [4.69, 9.17) is 16.3 Å². The summed E-state index contributed by atoms with van der Waals surface area (Å²) in [6.45, 7) is 6.13. The highest BCUT2D eigenvalue weighted by molar-refractivity contribution is 6.46. The first-order valence-electron chi connectivity index (χ1n) is 10.4. The van der Waals surface area contributed by atoms with Gasteiger partial charge in [-0.25, -0.2) is 4.90 Å². The highest BCUT2D eigenvalue weighted by Crippen LogP contribution is 2.38. The minimum absolute atomic E-state index is 0.199. The van der Waals surface area contributed by atoms with Crippen molar-refractivity contribution in [1.82, 2.24) is 0 Å². The van der Waals surface area contributed by atoms with Gasteiger partial charge in [-0.3, -0.25) is 9.59 Å². The van der Waals surface area contributed by atoms with E-state index in [9.17, 15) is 9.59 Å². The average Bonchev–Trinajstić information content (AvgIpc) is 3.02. The maximum atomic E-state index is 13.6. The molecule has 3 aromatic carbocycles. The molecule has 32 heavy (non-hydrogen) atoms. The molecule has 5 nitrogen and oxygen atoms in total. The maximum Gasteiger partial charge on any atom is 0.282 e. The van der Waals surface area contributed by atoms with Crippen molar-refractivity contribution >= 4 is 40.4 Å². The van der Waals surface area contributed by atoms with Gasteiger partial charge in [0.25, 0.3) is 11.8 Å². The Bertz CT molecular complexity index is 1230. The molecule has 0 aliphatic carbocycles. The summed E-state index contributed by atoms with van der Waals surface area (Å²) < 4.78 is 5.70. The summed E-state index contributed by atoms with van der Waals surface area (Å²) in [6.07, 6.45) is 0. The number of nitrogens with one attached hydrogen (secondary N) is 1. The summed E-state index contributed by atoms with van der Waals surface area (Å²) in [5.74, 6) is -0.244. The van der Waals surface area contributed by atoms with Crippen molar-refractivity contribution in [3.8, 4) is 5.75 Å². The first-order valence-corrected chi connectivity index (χ1v) is 10.7. The number of amides is 2. The second-order valence-electron chi connectivity index (χ2n) is 7.50. The number of ether oxygens (including phenoxy) is 1. The molecular formula is C26H23ClN2O3. The predicted molar refractivity (Wildman–Crippen MR) is 128 cm³/mol. The summed E-state index contributed by atoms with van der Waals surface area (Å²) in [5.41, 5.74) is 3.96. The molecule has 1 N–H and O–H groups in total. The molecule has 0 unspecified atom stereocenters. The number of hydrogen-bond acceptors (Lipinski definition) is 4. The smallest absolute Gasteiger partial charge is 0.282 e. The van der Waals surface area contributed by atoms with E-state index in [0.29, 0.717) is 45.5 Å². The fourth-order valence-electron chi connectivity index (χ4n) is 3.68. The predicted octanol–water partition coefficient (Wildman–Crippen LogP) is 5.75. The van der Waals surface area contributed by atoms with Gasteiger partial charge in [0.2, 0.25) is 0 Å². The topological polar surface area (TPSA) is 58.6 Å². The van der Waals surface area contributed by atoms with Crippen molar-refractivity contribution in [1.29, 1.82) is 0 Å². The van der Waals surface area contributed by atoms with Gasteiger partial charge in [0.05, 0.1) is 23.6 Å². The molecule has 0 spiro atoms. The summed E-state index contributed by atoms with van der Waals surface area (Å²) in [6, 6.07) is 20.0. The van der Waals surface area contributed by atoms with Crippen LogP contribution in [-0.4, -0.2) is 18.4 Å². The number of hydrogen-bond donors (Lipinski definition) is 1. The molecule has 0 radical (unpaired) electrons. The zero-order chi connectivity index (χ0) is 22.8. The van der Waals surface area contributed by atoms with Crippen LogP contribution in [0.2, 0.25) is 5.02 Å². The number of carbonyl (C=O) groups is 2. The second-order valence-corrected chi connectivity index (χ2v) is 7.91. The third-order valence-corrected chi connectivity index (χ3v) is 5.76. The normalized spacial score (nSPS) is 13.7. The first-order chi connectivity index (χ1) is 15.4. The third kappa shape index (κ3) is 3.87. The monoisotopic (exact) mass is 446 g/mol. The number of anilines is 2. The van der Waals surface area contributed by atoms with Crippen molar-refractivity contribution in [3.63, 3.8) is 0 Å². The van der Waals surface area contributed by atoms with E-state index in [-0.39, 0.29) is 5.70 Å². The minimum atomic E-state index is -0.442. The summed E-state index contributed by atoms with van der Waals surface area (Å²) in [7, 11) is 0. The molecule has 1 aliphatic rings. The Morgan fingerprint density at radius 1 is 0.906 bits per heavy atom. The Morgan fingerprint density at radius 3 is 2.34 bits per heavy atom. The molecule has 1 aliphatic heterocycles. The first kappa shape index (κ1) is 21.7. The fraction of sp³-hybridized carbons (Fsp3) is 0.154. The molecule has 0 aromatic heterocycles. The van der Waals surface area contributed by atoms with Crippen LogP contribution in [0.3, 0.4) is 0 Å². The second kappa shape index (κ2) is 8.89. The van der Waals surface area contributed by atoms with E-state index < -0.39 is 11.8 Å². The lowest BCUT2D eigenvalue weighted by atomic mass is 10.0. The zero-order valence-electron chi connectivity index (χ0n) is 18.1. The number of benzene rings is 3. The van der Waals surface area contributed by atoms with Crippen molar-refractivity contribution in [3.05, 3.63) is 94.1 Å². The number of imide groups is 1. The van der Waals surface area contributed by atoms with Gasteiger partial charge in [-0.15, -0.1) is 0 Å². The van der Waals surface area contributed by atoms with E-state index in [1.807, 2.05) is 62.4 Å². The number of para-hydroxylation sites is 2. The van der Waals surface area contributed by atoms with E-state index in [2.05, 4.69) is 5.32 Å². The molecule has 3 aromatic rings. The van der Waals surface area contributed by atoms with Crippen LogP contribution in [0.1, 0.15) is 23.6 Å². The third-order valence-electron chi connectivity index (χ3n) is 5.35. The van der Waals surface area contributed by atoms with Gasteiger partial charge in [0.15, 0.2) is 0 Å². The van der Waals surface area contributed by atoms with Crippen LogP contribution in [0.15, 0.2) is 72.4 Å². The van der Waals surface area contributed by atoms with Crippen molar-refractivity contribution < 1.29 is 14.3 Å². The molecule has 2 amide bonds. The number of rotatable bonds is 6. The van der Waals surface area contributed by atoms with Gasteiger partial charge in [0, 0.05) is 5.02 Å². The zero-order valence-corrected chi connectivity index (χ0v) is 18.9. The summed E-state index contributed by atoms with van der Waals surface area (Å²) in [5, 5.41) is 3.67. The largest absolute Gasteiger partial charge is 0.492 e. The molecule has 0 saturated carbocycles. The van der Waals surface area contributed by atoms with Crippen LogP contribution in [0, 0.1) is 13.8 Å². The molecule has 6 heteroatoms. The molecule has 0 bridgehead atoms. The summed E-state index contributed by atoms with van der Waals surface area (Å²) >= 11 is 6.29. The lowest BCUT2D eigenvalue weighted by Crippen LogP contribution is -2.33. The molecule has 0 atom stereocenters. The molecule has 162 valence electrons. The van der Waals surface area contributed by atoms with Crippen molar-refractivity contribution in [2.45, 2.75) is 20.8 Å². The van der Waals surface area contributed by atoms with Crippen LogP contribution in [0.4, 0.5) is 11.4 Å². The van der Waals surface area contributed by atoms with Gasteiger partial charge in [-0.1, -0.05) is 59.6 Å². The number of halogens is 1. The average molecular weight is 447 g/mol. The standard InChI is InChI=1S/C26H23ClN2O3/c1-4-32-22-11-6-5-9-20(22)28-24-23(18-14-12-16(2)13-15-18)25(30)29(26(24)31)21-10-7-8-19(27)17(21)3/h5-15,28H,4H2,1-3H3. The maximum absolute atomic E-state index is 13.6. The Hall–Kier alpha value is -3.57. The Labute approximate surface area is 192 Å². The van der Waals surface area contributed by atoms with E-state index in [1.165, 1.54) is 4.90 Å². The number of aryl methyl sites for hydroxylation is 1. The number of nitrogens with zero attached hydrogens (tertiary/aromatic N) is 1. The van der Waals surface area contributed by atoms with Crippen LogP contribution in [0.25, 0.3) is 5.57 Å². The molecular weight excluding hydrogens is 424 g/mol. The van der Waals surface area contributed by atoms with Gasteiger partial charge in [-0.2, -0.15) is 0 Å². The van der Waals surface area contributed by atoms with E-state index in [0.717, 1.165) is 5.56 Å². The summed E-state index contributed by atoms with van der Waals surface area (Å²) in [4.78, 5) is 28.4. The molecule has 0 fully saturated rings. The molecule has 4 rings (SSSR count). The van der Waals surface area contributed by atoms with Crippen LogP contribution < -0.4 is 15.0 Å². The van der Waals surface area contributed by atoms with Gasteiger partial charge >= 0.3 is 0 Å². The lowest BCUT2D eigenvalue weighted by molar-refractivity contribution is -0.120. The van der Waals surface area contributed by atoms with E-state index >= 15 is 0 Å². The molecule has 0 saturated heterocycles. The minimum Gasteiger partial charge on any atom is -0.492 e. The van der Waals surface area contributed by atoms with Gasteiger partial charge in [0.1, 0.15) is 11.4 Å². The van der Waals surface area contributed by atoms with Crippen molar-refractivity contribution in [2.24, 2.45) is 0 Å². The Morgan fingerprint density at radius 2 is 1.62 bits per heavy atom. The quantitative estimate of drug-likeness (QED) is 0.489. The Balaban J connectivity index is 1.86. The van der Waals surface area contributed by atoms with Crippen molar-refractivity contribution in [2.75, 3.05) is 16.8 Å². The van der Waals surface area contributed by atoms with E-state index in [1.54, 1.807) is 25.1 Å². The highest BCUT2D eigenvalue weighted by Gasteiger charge is 2.41. The fourth-order valence-corrected chi connectivity index (χ4v) is 3.85. The Kier molecular flexibility index (Phi) is 6.01. The number of carbonyl (C=O) groups excluding carboxylic acids is 2. The van der Waals surface area contributed by atoms with Crippen LogP contribution >= 0.6 is 11.6 Å². The highest BCUT2D eigenvalue weighted by atomic mass is 35.5. The van der Waals surface area contributed by atoms with Gasteiger partial charge < -0.3 is 10.1 Å². The van der Waals surface area contributed by atoms with Crippen LogP contribution in [-0.2, 0) is 9.59 Å². The van der Waals surface area contributed by atoms with Crippen LogP contribution in [0.5, 0.6) is 5.75 Å². The molecule has 1 heterocycles. The lowest BCUT2D eigenvalue weighted by Gasteiger charge is -2.18. The SMILES string of the molecule is CCOc1ccccc1NC1=C(c2ccc(C)cc2)C(=O)N(c2cccc(Cl)c2C)C1=O. The van der Waals surface area contributed by atoms with Gasteiger partial charge in [-0.05, 0) is 56.2 Å².